The molecule has 0 radical (unpaired) electrons. The highest BCUT2D eigenvalue weighted by atomic mass is 35.5. The molecule has 1 aliphatic carbocycles. The predicted molar refractivity (Wildman–Crippen MR) is 86.3 cm³/mol. The monoisotopic (exact) mass is 334 g/mol. The van der Waals surface area contributed by atoms with E-state index in [0.717, 1.165) is 11.1 Å². The summed E-state index contributed by atoms with van der Waals surface area (Å²) in [5.74, 6) is -0.361. The Labute approximate surface area is 136 Å². The van der Waals surface area contributed by atoms with Crippen LogP contribution in [0.5, 0.6) is 0 Å². The molecule has 2 aromatic carbocycles. The smallest absolute Gasteiger partial charge is 0.303 e. The summed E-state index contributed by atoms with van der Waals surface area (Å²) in [6.07, 6.45) is 0.161. The topological polar surface area (TPSA) is 43.4 Å². The summed E-state index contributed by atoms with van der Waals surface area (Å²) in [4.78, 5) is 12.1. The number of fused-ring (bicyclic) bond motifs is 1. The standard InChI is InChI=1S/C17H15ClO3S/c1-11(19)21-17-15-5-3-2-4-12(15)10-16(17)22(20)14-8-6-13(18)7-9-14/h2-9,16-17H,10H2,1H3. The van der Waals surface area contributed by atoms with Crippen molar-refractivity contribution in [2.75, 3.05) is 0 Å². The Balaban J connectivity index is 1.94. The Morgan fingerprint density at radius 1 is 1.18 bits per heavy atom. The van der Waals surface area contributed by atoms with Crippen molar-refractivity contribution in [3.63, 3.8) is 0 Å². The molecule has 1 aliphatic rings. The van der Waals surface area contributed by atoms with E-state index in [0.29, 0.717) is 16.3 Å². The van der Waals surface area contributed by atoms with E-state index < -0.39 is 16.9 Å². The van der Waals surface area contributed by atoms with Gasteiger partial charge >= 0.3 is 5.97 Å². The second-order valence-corrected chi connectivity index (χ2v) is 7.33. The molecule has 0 heterocycles. The van der Waals surface area contributed by atoms with Gasteiger partial charge < -0.3 is 4.74 Å². The van der Waals surface area contributed by atoms with Crippen LogP contribution >= 0.6 is 11.6 Å². The van der Waals surface area contributed by atoms with E-state index in [2.05, 4.69) is 0 Å². The number of hydrogen-bond donors (Lipinski definition) is 0. The number of halogens is 1. The fourth-order valence-electron chi connectivity index (χ4n) is 2.77. The Kier molecular flexibility index (Phi) is 4.32. The molecule has 3 nitrogen and oxygen atoms in total. The maximum Gasteiger partial charge on any atom is 0.303 e. The first-order chi connectivity index (χ1) is 10.6. The molecule has 3 atom stereocenters. The van der Waals surface area contributed by atoms with Gasteiger partial charge in [-0.15, -0.1) is 0 Å². The summed E-state index contributed by atoms with van der Waals surface area (Å²) in [5, 5.41) is 0.328. The summed E-state index contributed by atoms with van der Waals surface area (Å²) in [6, 6.07) is 14.7. The summed E-state index contributed by atoms with van der Waals surface area (Å²) in [6.45, 7) is 1.38. The molecule has 0 N–H and O–H groups in total. The summed E-state index contributed by atoms with van der Waals surface area (Å²) in [5.41, 5.74) is 2.03. The average Bonchev–Trinajstić information content (AvgIpc) is 2.86. The molecular weight excluding hydrogens is 320 g/mol. The molecule has 0 aliphatic heterocycles. The lowest BCUT2D eigenvalue weighted by atomic mass is 10.1. The number of esters is 1. The zero-order valence-electron chi connectivity index (χ0n) is 12.0. The Morgan fingerprint density at radius 2 is 1.86 bits per heavy atom. The molecule has 0 amide bonds. The van der Waals surface area contributed by atoms with Crippen molar-refractivity contribution < 1.29 is 13.7 Å². The summed E-state index contributed by atoms with van der Waals surface area (Å²) < 4.78 is 18.4. The van der Waals surface area contributed by atoms with Crippen LogP contribution < -0.4 is 0 Å². The second kappa shape index (κ2) is 6.23. The number of rotatable bonds is 3. The molecule has 0 spiro atoms. The Morgan fingerprint density at radius 3 is 2.55 bits per heavy atom. The highest BCUT2D eigenvalue weighted by molar-refractivity contribution is 7.85. The molecule has 2 aromatic rings. The minimum Gasteiger partial charge on any atom is -0.456 e. The molecule has 0 bridgehead atoms. The molecule has 0 saturated carbocycles. The van der Waals surface area contributed by atoms with Crippen molar-refractivity contribution in [2.45, 2.75) is 29.6 Å². The third-order valence-corrected chi connectivity index (χ3v) is 5.69. The van der Waals surface area contributed by atoms with Crippen molar-refractivity contribution in [2.24, 2.45) is 0 Å². The minimum absolute atomic E-state index is 0.275. The van der Waals surface area contributed by atoms with Crippen molar-refractivity contribution in [3.8, 4) is 0 Å². The van der Waals surface area contributed by atoms with Gasteiger partial charge in [-0.1, -0.05) is 35.9 Å². The number of hydrogen-bond acceptors (Lipinski definition) is 3. The van der Waals surface area contributed by atoms with Crippen LogP contribution in [0.3, 0.4) is 0 Å². The van der Waals surface area contributed by atoms with Crippen LogP contribution in [-0.2, 0) is 26.8 Å². The molecular formula is C17H15ClO3S. The first-order valence-electron chi connectivity index (χ1n) is 6.97. The van der Waals surface area contributed by atoms with Crippen LogP contribution in [0.15, 0.2) is 53.4 Å². The first-order valence-corrected chi connectivity index (χ1v) is 8.56. The lowest BCUT2D eigenvalue weighted by molar-refractivity contribution is -0.146. The van der Waals surface area contributed by atoms with Gasteiger partial charge in [0.25, 0.3) is 0 Å². The average molecular weight is 335 g/mol. The Hall–Kier alpha value is -1.65. The van der Waals surface area contributed by atoms with E-state index in [1.807, 2.05) is 24.3 Å². The van der Waals surface area contributed by atoms with Gasteiger partial charge in [0.2, 0.25) is 0 Å². The SMILES string of the molecule is CC(=O)OC1c2ccccc2CC1S(=O)c1ccc(Cl)cc1. The highest BCUT2D eigenvalue weighted by Crippen LogP contribution is 2.38. The van der Waals surface area contributed by atoms with E-state index in [4.69, 9.17) is 16.3 Å². The van der Waals surface area contributed by atoms with Gasteiger partial charge in [-0.2, -0.15) is 0 Å². The van der Waals surface area contributed by atoms with E-state index in [1.54, 1.807) is 24.3 Å². The maximum absolute atomic E-state index is 12.9. The molecule has 0 fully saturated rings. The first kappa shape index (κ1) is 15.3. The minimum atomic E-state index is -1.28. The van der Waals surface area contributed by atoms with Crippen molar-refractivity contribution in [1.29, 1.82) is 0 Å². The number of carbonyl (C=O) groups excluding carboxylic acids is 1. The zero-order chi connectivity index (χ0) is 15.7. The summed E-state index contributed by atoms with van der Waals surface area (Å²) >= 11 is 5.88. The lowest BCUT2D eigenvalue weighted by Gasteiger charge is -2.20. The molecule has 3 unspecified atom stereocenters. The van der Waals surface area contributed by atoms with Gasteiger partial charge in [0.15, 0.2) is 0 Å². The molecule has 0 aromatic heterocycles. The van der Waals surface area contributed by atoms with Gasteiger partial charge in [-0.3, -0.25) is 9.00 Å². The number of ether oxygens (including phenoxy) is 1. The Bertz CT molecular complexity index is 727. The van der Waals surface area contributed by atoms with E-state index in [1.165, 1.54) is 6.92 Å². The van der Waals surface area contributed by atoms with Crippen LogP contribution in [0, 0.1) is 0 Å². The van der Waals surface area contributed by atoms with Crippen LogP contribution in [-0.4, -0.2) is 15.4 Å². The number of benzene rings is 2. The lowest BCUT2D eigenvalue weighted by Crippen LogP contribution is -2.24. The van der Waals surface area contributed by atoms with Crippen LogP contribution in [0.1, 0.15) is 24.2 Å². The molecule has 0 saturated heterocycles. The number of carbonyl (C=O) groups is 1. The van der Waals surface area contributed by atoms with Gasteiger partial charge in [-0.25, -0.2) is 0 Å². The third kappa shape index (κ3) is 2.94. The quantitative estimate of drug-likeness (QED) is 0.804. The van der Waals surface area contributed by atoms with Gasteiger partial charge in [0.1, 0.15) is 6.10 Å². The highest BCUT2D eigenvalue weighted by Gasteiger charge is 2.39. The second-order valence-electron chi connectivity index (χ2n) is 5.22. The molecule has 22 heavy (non-hydrogen) atoms. The van der Waals surface area contributed by atoms with Gasteiger partial charge in [-0.05, 0) is 41.8 Å². The van der Waals surface area contributed by atoms with Gasteiger partial charge in [0.05, 0.1) is 16.0 Å². The fourth-order valence-corrected chi connectivity index (χ4v) is 4.41. The van der Waals surface area contributed by atoms with E-state index >= 15 is 0 Å². The van der Waals surface area contributed by atoms with E-state index in [-0.39, 0.29) is 11.2 Å². The van der Waals surface area contributed by atoms with Crippen molar-refractivity contribution in [1.82, 2.24) is 0 Å². The molecule has 114 valence electrons. The van der Waals surface area contributed by atoms with Gasteiger partial charge in [0, 0.05) is 16.8 Å². The van der Waals surface area contributed by atoms with Crippen LogP contribution in [0.4, 0.5) is 0 Å². The van der Waals surface area contributed by atoms with Crippen LogP contribution in [0.2, 0.25) is 5.02 Å². The predicted octanol–water partition coefficient (Wildman–Crippen LogP) is 3.68. The zero-order valence-corrected chi connectivity index (χ0v) is 13.6. The van der Waals surface area contributed by atoms with Crippen molar-refractivity contribution in [3.05, 3.63) is 64.7 Å². The molecule has 5 heteroatoms. The largest absolute Gasteiger partial charge is 0.456 e. The molecule has 3 rings (SSSR count). The summed E-state index contributed by atoms with van der Waals surface area (Å²) in [7, 11) is -1.28. The fraction of sp³-hybridized carbons (Fsp3) is 0.235. The third-order valence-electron chi connectivity index (χ3n) is 3.73. The maximum atomic E-state index is 12.9. The van der Waals surface area contributed by atoms with Crippen LogP contribution in [0.25, 0.3) is 0 Å². The van der Waals surface area contributed by atoms with E-state index in [9.17, 15) is 9.00 Å². The van der Waals surface area contributed by atoms with Crippen molar-refractivity contribution >= 4 is 28.4 Å². The normalized spacial score (nSPS) is 21.2.